The molecule has 0 atom stereocenters. The molecule has 0 saturated heterocycles. The first-order chi connectivity index (χ1) is 10.7. The Kier molecular flexibility index (Phi) is 8.47. The van der Waals surface area contributed by atoms with E-state index in [1.165, 1.54) is 7.11 Å². The number of carbonyl (C=O) groups is 1. The van der Waals surface area contributed by atoms with Crippen LogP contribution in [0.1, 0.15) is 24.8 Å². The molecule has 4 nitrogen and oxygen atoms in total. The van der Waals surface area contributed by atoms with Crippen LogP contribution in [0.2, 0.25) is 0 Å². The van der Waals surface area contributed by atoms with Crippen LogP contribution in [0.15, 0.2) is 29.8 Å². The molecule has 1 aromatic carbocycles. The molecule has 1 aromatic rings. The highest BCUT2D eigenvalue weighted by Gasteiger charge is 2.06. The lowest BCUT2D eigenvalue weighted by molar-refractivity contribution is -0.135. The van der Waals surface area contributed by atoms with Crippen LogP contribution in [0.3, 0.4) is 0 Å². The van der Waals surface area contributed by atoms with Gasteiger partial charge in [-0.15, -0.1) is 0 Å². The first kappa shape index (κ1) is 17.8. The van der Waals surface area contributed by atoms with Crippen molar-refractivity contribution >= 4 is 12.0 Å². The number of hydrogen-bond acceptors (Lipinski definition) is 4. The van der Waals surface area contributed by atoms with Gasteiger partial charge in [-0.2, -0.15) is 0 Å². The lowest BCUT2D eigenvalue weighted by Crippen LogP contribution is -2.02. The number of carbonyl (C=O) groups excluding carboxylic acids is 1. The zero-order chi connectivity index (χ0) is 16.2. The van der Waals surface area contributed by atoms with E-state index in [4.69, 9.17) is 14.2 Å². The first-order valence-corrected chi connectivity index (χ1v) is 7.13. The van der Waals surface area contributed by atoms with Crippen LogP contribution in [0.25, 0.3) is 6.08 Å². The van der Waals surface area contributed by atoms with Crippen LogP contribution in [0.4, 0.5) is 0 Å². The molecule has 0 aliphatic heterocycles. The molecule has 0 aliphatic carbocycles. The summed E-state index contributed by atoms with van der Waals surface area (Å²) in [6, 6.07) is 7.39. The third-order valence-corrected chi connectivity index (χ3v) is 2.96. The van der Waals surface area contributed by atoms with Gasteiger partial charge < -0.3 is 14.2 Å². The average Bonchev–Trinajstić information content (AvgIpc) is 2.56. The second-order valence-corrected chi connectivity index (χ2v) is 4.57. The van der Waals surface area contributed by atoms with Crippen LogP contribution >= 0.6 is 0 Å². The van der Waals surface area contributed by atoms with Gasteiger partial charge in [-0.1, -0.05) is 24.0 Å². The molecule has 0 heterocycles. The topological polar surface area (TPSA) is 44.8 Å². The Bertz CT molecular complexity index is 547. The van der Waals surface area contributed by atoms with Crippen LogP contribution in [0.5, 0.6) is 5.75 Å². The Morgan fingerprint density at radius 1 is 1.14 bits per heavy atom. The minimum atomic E-state index is -0.430. The summed E-state index contributed by atoms with van der Waals surface area (Å²) in [5.74, 6) is 6.23. The van der Waals surface area contributed by atoms with Crippen LogP contribution in [-0.2, 0) is 14.3 Å². The van der Waals surface area contributed by atoms with Gasteiger partial charge in [0, 0.05) is 20.1 Å². The molecule has 0 amide bonds. The zero-order valence-corrected chi connectivity index (χ0v) is 13.3. The highest BCUT2D eigenvalue weighted by Crippen LogP contribution is 2.14. The van der Waals surface area contributed by atoms with Gasteiger partial charge in [0.05, 0.1) is 14.2 Å². The summed E-state index contributed by atoms with van der Waals surface area (Å²) in [5, 5.41) is 0. The molecule has 22 heavy (non-hydrogen) atoms. The van der Waals surface area contributed by atoms with Gasteiger partial charge in [0.25, 0.3) is 0 Å². The van der Waals surface area contributed by atoms with Crippen LogP contribution in [0, 0.1) is 11.8 Å². The molecule has 118 valence electrons. The molecule has 0 unspecified atom stereocenters. The molecule has 0 saturated carbocycles. The monoisotopic (exact) mass is 302 g/mol. The smallest absolute Gasteiger partial charge is 0.346 e. The van der Waals surface area contributed by atoms with Gasteiger partial charge in [0.15, 0.2) is 0 Å². The standard InChI is InChI=1S/C18H22O4/c1-20-13-7-5-4-6-8-16(18(19)22-3)14-15-9-11-17(21-2)12-10-15/h9-12,14H,4-5,7,13H2,1-3H3/b16-14+. The van der Waals surface area contributed by atoms with E-state index < -0.39 is 5.97 Å². The van der Waals surface area contributed by atoms with E-state index in [0.29, 0.717) is 5.57 Å². The van der Waals surface area contributed by atoms with Gasteiger partial charge in [-0.3, -0.25) is 0 Å². The molecule has 0 spiro atoms. The number of unbranched alkanes of at least 4 members (excludes halogenated alkanes) is 2. The molecule has 0 bridgehead atoms. The Morgan fingerprint density at radius 3 is 2.45 bits per heavy atom. The maximum Gasteiger partial charge on any atom is 0.346 e. The van der Waals surface area contributed by atoms with E-state index in [9.17, 15) is 4.79 Å². The molecular formula is C18H22O4. The Labute approximate surface area is 132 Å². The lowest BCUT2D eigenvalue weighted by Gasteiger charge is -2.01. The van der Waals surface area contributed by atoms with E-state index in [-0.39, 0.29) is 0 Å². The molecule has 4 heteroatoms. The minimum Gasteiger partial charge on any atom is -0.497 e. The van der Waals surface area contributed by atoms with E-state index in [1.54, 1.807) is 20.3 Å². The Balaban J connectivity index is 2.77. The predicted octanol–water partition coefficient (Wildman–Crippen LogP) is 3.07. The van der Waals surface area contributed by atoms with Crippen LogP contribution < -0.4 is 4.74 Å². The highest BCUT2D eigenvalue weighted by atomic mass is 16.5. The third kappa shape index (κ3) is 6.47. The molecule has 0 aliphatic rings. The SMILES string of the molecule is COCCCCC#C/C(=C\c1ccc(OC)cc1)C(=O)OC. The fourth-order valence-electron chi connectivity index (χ4n) is 1.74. The van der Waals surface area contributed by atoms with Gasteiger partial charge >= 0.3 is 5.97 Å². The number of rotatable bonds is 7. The van der Waals surface area contributed by atoms with Gasteiger partial charge in [0.2, 0.25) is 0 Å². The maximum atomic E-state index is 11.8. The van der Waals surface area contributed by atoms with Crippen molar-refractivity contribution in [1.29, 1.82) is 0 Å². The first-order valence-electron chi connectivity index (χ1n) is 7.13. The summed E-state index contributed by atoms with van der Waals surface area (Å²) >= 11 is 0. The molecule has 0 aromatic heterocycles. The second kappa shape index (κ2) is 10.5. The minimum absolute atomic E-state index is 0.347. The number of methoxy groups -OCH3 is 3. The summed E-state index contributed by atoms with van der Waals surface area (Å²) in [6.07, 6.45) is 4.34. The number of ether oxygens (including phenoxy) is 3. The molecule has 1 rings (SSSR count). The number of esters is 1. The summed E-state index contributed by atoms with van der Waals surface area (Å²) in [6.45, 7) is 0.729. The highest BCUT2D eigenvalue weighted by molar-refractivity contribution is 5.98. The molecular weight excluding hydrogens is 280 g/mol. The lowest BCUT2D eigenvalue weighted by atomic mass is 10.1. The normalized spacial score (nSPS) is 10.6. The van der Waals surface area contributed by atoms with E-state index in [0.717, 1.165) is 37.2 Å². The van der Waals surface area contributed by atoms with Gasteiger partial charge in [0.1, 0.15) is 11.3 Å². The van der Waals surface area contributed by atoms with Crippen molar-refractivity contribution in [3.63, 3.8) is 0 Å². The van der Waals surface area contributed by atoms with Crippen molar-refractivity contribution in [2.45, 2.75) is 19.3 Å². The average molecular weight is 302 g/mol. The van der Waals surface area contributed by atoms with Crippen molar-refractivity contribution < 1.29 is 19.0 Å². The van der Waals surface area contributed by atoms with Gasteiger partial charge in [-0.25, -0.2) is 4.79 Å². The number of hydrogen-bond donors (Lipinski definition) is 0. The molecule has 0 N–H and O–H groups in total. The molecule has 0 radical (unpaired) electrons. The summed E-state index contributed by atoms with van der Waals surface area (Å²) < 4.78 is 14.9. The van der Waals surface area contributed by atoms with Gasteiger partial charge in [-0.05, 0) is 36.6 Å². The van der Waals surface area contributed by atoms with Crippen molar-refractivity contribution in [3.8, 4) is 17.6 Å². The van der Waals surface area contributed by atoms with Crippen molar-refractivity contribution in [2.75, 3.05) is 27.9 Å². The predicted molar refractivity (Wildman–Crippen MR) is 86.5 cm³/mol. The van der Waals surface area contributed by atoms with E-state index >= 15 is 0 Å². The number of benzene rings is 1. The summed E-state index contributed by atoms with van der Waals surface area (Å²) in [7, 11) is 4.64. The fraction of sp³-hybridized carbons (Fsp3) is 0.389. The Morgan fingerprint density at radius 2 is 1.86 bits per heavy atom. The summed E-state index contributed by atoms with van der Waals surface area (Å²) in [4.78, 5) is 11.8. The quantitative estimate of drug-likeness (QED) is 0.336. The molecule has 0 fully saturated rings. The summed E-state index contributed by atoms with van der Waals surface area (Å²) in [5.41, 5.74) is 1.22. The zero-order valence-electron chi connectivity index (χ0n) is 13.3. The van der Waals surface area contributed by atoms with E-state index in [2.05, 4.69) is 11.8 Å². The van der Waals surface area contributed by atoms with Crippen molar-refractivity contribution in [2.24, 2.45) is 0 Å². The second-order valence-electron chi connectivity index (χ2n) is 4.57. The maximum absolute atomic E-state index is 11.8. The van der Waals surface area contributed by atoms with Crippen molar-refractivity contribution in [3.05, 3.63) is 35.4 Å². The van der Waals surface area contributed by atoms with Crippen molar-refractivity contribution in [1.82, 2.24) is 0 Å². The Hall–Kier alpha value is -2.25. The van der Waals surface area contributed by atoms with E-state index in [1.807, 2.05) is 24.3 Å². The fourth-order valence-corrected chi connectivity index (χ4v) is 1.74. The van der Waals surface area contributed by atoms with Crippen LogP contribution in [-0.4, -0.2) is 33.9 Å². The largest absolute Gasteiger partial charge is 0.497 e. The third-order valence-electron chi connectivity index (χ3n) is 2.96.